The van der Waals surface area contributed by atoms with E-state index in [0.717, 1.165) is 24.4 Å². The molecule has 68 valence electrons. The molecule has 1 rings (SSSR count). The van der Waals surface area contributed by atoms with Crippen LogP contribution >= 0.6 is 11.5 Å². The molecule has 12 heavy (non-hydrogen) atoms. The van der Waals surface area contributed by atoms with E-state index in [1.165, 1.54) is 0 Å². The molecule has 0 bridgehead atoms. The van der Waals surface area contributed by atoms with Gasteiger partial charge in [0.25, 0.3) is 0 Å². The quantitative estimate of drug-likeness (QED) is 0.712. The fourth-order valence-electron chi connectivity index (χ4n) is 0.800. The summed E-state index contributed by atoms with van der Waals surface area (Å²) in [6.07, 6.45) is 1.74. The second-order valence-corrected chi connectivity index (χ2v) is 4.69. The molecule has 4 heteroatoms. The summed E-state index contributed by atoms with van der Waals surface area (Å²) in [7, 11) is 0. The number of hydrogen-bond donors (Lipinski definition) is 0. The van der Waals surface area contributed by atoms with Gasteiger partial charge in [0.05, 0.1) is 0 Å². The Morgan fingerprint density at radius 3 is 2.58 bits per heavy atom. The van der Waals surface area contributed by atoms with Crippen LogP contribution in [-0.4, -0.2) is 4.37 Å². The minimum Gasteiger partial charge on any atom is -0.399 e. The first-order valence-electron chi connectivity index (χ1n) is 3.93. The summed E-state index contributed by atoms with van der Waals surface area (Å²) in [6.45, 7) is 6.45. The van der Waals surface area contributed by atoms with E-state index in [-0.39, 0.29) is 10.4 Å². The van der Waals surface area contributed by atoms with Gasteiger partial charge in [0, 0.05) is 18.0 Å². The second-order valence-electron chi connectivity index (χ2n) is 3.99. The number of nitrogens with zero attached hydrogens (tertiary/aromatic N) is 1. The first-order valence-corrected chi connectivity index (χ1v) is 4.70. The lowest BCUT2D eigenvalue weighted by Gasteiger charge is -2.15. The zero-order valence-electron chi connectivity index (χ0n) is 7.59. The van der Waals surface area contributed by atoms with Crippen LogP contribution in [0.3, 0.4) is 0 Å². The van der Waals surface area contributed by atoms with Crippen LogP contribution in [0.1, 0.15) is 33.1 Å². The molecule has 0 N–H and O–H groups in total. The highest BCUT2D eigenvalue weighted by Gasteiger charge is 2.12. The van der Waals surface area contributed by atoms with E-state index >= 15 is 0 Å². The molecule has 0 saturated heterocycles. The molecule has 0 unspecified atom stereocenters. The van der Waals surface area contributed by atoms with Crippen molar-refractivity contribution in [1.82, 2.24) is 4.37 Å². The molecule has 1 heterocycles. The van der Waals surface area contributed by atoms with E-state index in [4.69, 9.17) is 4.42 Å². The zero-order valence-corrected chi connectivity index (χ0v) is 8.40. The minimum atomic E-state index is -0.307. The van der Waals surface area contributed by atoms with Crippen molar-refractivity contribution in [2.75, 3.05) is 0 Å². The van der Waals surface area contributed by atoms with Crippen LogP contribution in [0, 0.1) is 5.41 Å². The molecule has 0 amide bonds. The van der Waals surface area contributed by atoms with Crippen molar-refractivity contribution in [3.8, 4) is 0 Å². The lowest BCUT2D eigenvalue weighted by molar-refractivity contribution is 0.351. The molecule has 0 radical (unpaired) electrons. The molecule has 3 nitrogen and oxygen atoms in total. The van der Waals surface area contributed by atoms with Gasteiger partial charge in [-0.3, -0.25) is 0 Å². The summed E-state index contributed by atoms with van der Waals surface area (Å²) < 4.78 is 8.71. The molecule has 0 aromatic carbocycles. The number of aromatic nitrogens is 1. The van der Waals surface area contributed by atoms with Gasteiger partial charge in [0.1, 0.15) is 0 Å². The zero-order chi connectivity index (χ0) is 9.19. The Hall–Kier alpha value is -0.640. The van der Waals surface area contributed by atoms with Crippen LogP contribution in [0.15, 0.2) is 9.21 Å². The third kappa shape index (κ3) is 3.17. The van der Waals surface area contributed by atoms with Gasteiger partial charge in [0.15, 0.2) is 0 Å². The summed E-state index contributed by atoms with van der Waals surface area (Å²) >= 11 is 0.883. The largest absolute Gasteiger partial charge is 0.414 e. The predicted molar refractivity (Wildman–Crippen MR) is 48.4 cm³/mol. The molecule has 0 aliphatic rings. The maximum atomic E-state index is 10.6. The molecule has 0 atom stereocenters. The van der Waals surface area contributed by atoms with Crippen LogP contribution in [0.5, 0.6) is 0 Å². The monoisotopic (exact) mass is 187 g/mol. The molecule has 0 spiro atoms. The smallest absolute Gasteiger partial charge is 0.399 e. The van der Waals surface area contributed by atoms with E-state index in [2.05, 4.69) is 25.1 Å². The minimum absolute atomic E-state index is 0.266. The summed E-state index contributed by atoms with van der Waals surface area (Å²) in [5.41, 5.74) is 0.266. The molecule has 0 aliphatic carbocycles. The molecule has 1 aromatic heterocycles. The third-order valence-corrected chi connectivity index (χ3v) is 2.04. The summed E-state index contributed by atoms with van der Waals surface area (Å²) in [5, 5.41) is 0. The van der Waals surface area contributed by atoms with Crippen LogP contribution in [0.4, 0.5) is 0 Å². The number of rotatable bonds is 2. The Kier molecular flexibility index (Phi) is 2.67. The van der Waals surface area contributed by atoms with Gasteiger partial charge in [-0.2, -0.15) is 4.37 Å². The summed E-state index contributed by atoms with van der Waals surface area (Å²) in [6, 6.07) is 0. The highest BCUT2D eigenvalue weighted by molar-refractivity contribution is 7.02. The third-order valence-electron chi connectivity index (χ3n) is 1.51. The van der Waals surface area contributed by atoms with Crippen LogP contribution in [0.2, 0.25) is 0 Å². The average Bonchev–Trinajstić information content (AvgIpc) is 2.30. The Bertz CT molecular complexity index is 294. The van der Waals surface area contributed by atoms with Gasteiger partial charge < -0.3 is 4.42 Å². The Balaban J connectivity index is 2.49. The normalized spacial score (nSPS) is 11.9. The maximum absolute atomic E-state index is 10.6. The van der Waals surface area contributed by atoms with E-state index < -0.39 is 0 Å². The molecular weight excluding hydrogens is 174 g/mol. The average molecular weight is 187 g/mol. The van der Waals surface area contributed by atoms with Gasteiger partial charge >= 0.3 is 4.94 Å². The number of aryl methyl sites for hydroxylation is 1. The standard InChI is InChI=1S/C8H13NO2S/c1-8(2,3)5-4-6-9-12-7(10)11-6/h4-5H2,1-3H3. The van der Waals surface area contributed by atoms with Crippen LogP contribution in [-0.2, 0) is 6.42 Å². The summed E-state index contributed by atoms with van der Waals surface area (Å²) in [5.74, 6) is 0.569. The van der Waals surface area contributed by atoms with Gasteiger partial charge in [-0.15, -0.1) is 0 Å². The molecule has 0 aliphatic heterocycles. The topological polar surface area (TPSA) is 43.1 Å². The van der Waals surface area contributed by atoms with Crippen molar-refractivity contribution in [2.24, 2.45) is 5.41 Å². The highest BCUT2D eigenvalue weighted by atomic mass is 32.1. The fourth-order valence-corrected chi connectivity index (χ4v) is 1.24. The van der Waals surface area contributed by atoms with E-state index in [9.17, 15) is 4.79 Å². The van der Waals surface area contributed by atoms with E-state index in [1.54, 1.807) is 0 Å². The lowest BCUT2D eigenvalue weighted by atomic mass is 9.91. The highest BCUT2D eigenvalue weighted by Crippen LogP contribution is 2.20. The van der Waals surface area contributed by atoms with Crippen LogP contribution < -0.4 is 4.94 Å². The molecule has 1 aromatic rings. The van der Waals surface area contributed by atoms with Crippen molar-refractivity contribution < 1.29 is 4.42 Å². The van der Waals surface area contributed by atoms with Crippen molar-refractivity contribution >= 4 is 11.5 Å². The molecular formula is C8H13NO2S. The van der Waals surface area contributed by atoms with Crippen LogP contribution in [0.25, 0.3) is 0 Å². The SMILES string of the molecule is CC(C)(C)CCc1nsc(=O)o1. The first kappa shape index (κ1) is 9.45. The van der Waals surface area contributed by atoms with E-state index in [0.29, 0.717) is 5.89 Å². The fraction of sp³-hybridized carbons (Fsp3) is 0.750. The second kappa shape index (κ2) is 3.39. The van der Waals surface area contributed by atoms with Crippen molar-refractivity contribution in [3.05, 3.63) is 15.6 Å². The van der Waals surface area contributed by atoms with Gasteiger partial charge in [0.2, 0.25) is 5.89 Å². The Labute approximate surface area is 75.6 Å². The van der Waals surface area contributed by atoms with Crippen molar-refractivity contribution in [3.63, 3.8) is 0 Å². The van der Waals surface area contributed by atoms with Crippen molar-refractivity contribution in [2.45, 2.75) is 33.6 Å². The molecule has 0 fully saturated rings. The Morgan fingerprint density at radius 1 is 1.50 bits per heavy atom. The van der Waals surface area contributed by atoms with Gasteiger partial charge in [-0.1, -0.05) is 20.8 Å². The maximum Gasteiger partial charge on any atom is 0.414 e. The number of hydrogen-bond acceptors (Lipinski definition) is 4. The van der Waals surface area contributed by atoms with Gasteiger partial charge in [-0.05, 0) is 11.8 Å². The van der Waals surface area contributed by atoms with E-state index in [1.807, 2.05) is 0 Å². The molecule has 0 saturated carbocycles. The lowest BCUT2D eigenvalue weighted by Crippen LogP contribution is -2.06. The predicted octanol–water partition coefficient (Wildman–Crippen LogP) is 2.08. The van der Waals surface area contributed by atoms with Crippen molar-refractivity contribution in [1.29, 1.82) is 0 Å². The van der Waals surface area contributed by atoms with Gasteiger partial charge in [-0.25, -0.2) is 4.79 Å². The first-order chi connectivity index (χ1) is 5.47. The summed E-state index contributed by atoms with van der Waals surface area (Å²) in [4.78, 5) is 10.3. The Morgan fingerprint density at radius 2 is 2.17 bits per heavy atom.